The smallest absolute Gasteiger partial charge is 0.423 e. The zero-order chi connectivity index (χ0) is 14.5. The van der Waals surface area contributed by atoms with Gasteiger partial charge in [-0.05, 0) is 30.4 Å². The van der Waals surface area contributed by atoms with Gasteiger partial charge in [0.2, 0.25) is 0 Å². The van der Waals surface area contributed by atoms with Crippen LogP contribution in [0.3, 0.4) is 0 Å². The van der Waals surface area contributed by atoms with E-state index in [0.717, 1.165) is 17.1 Å². The highest BCUT2D eigenvalue weighted by molar-refractivity contribution is 7.97. The lowest BCUT2D eigenvalue weighted by molar-refractivity contribution is 0.425. The van der Waals surface area contributed by atoms with Crippen LogP contribution < -0.4 is 5.46 Å². The van der Waals surface area contributed by atoms with Gasteiger partial charge in [0.1, 0.15) is 0 Å². The summed E-state index contributed by atoms with van der Waals surface area (Å²) in [6.07, 6.45) is 0. The molecule has 0 saturated heterocycles. The van der Waals surface area contributed by atoms with E-state index in [1.165, 1.54) is 16.7 Å². The van der Waals surface area contributed by atoms with Crippen molar-refractivity contribution in [2.24, 2.45) is 0 Å². The molecule has 0 atom stereocenters. The van der Waals surface area contributed by atoms with Crippen LogP contribution in [0.5, 0.6) is 0 Å². The summed E-state index contributed by atoms with van der Waals surface area (Å²) >= 11 is 1.79. The minimum atomic E-state index is -1.40. The Hall–Kier alpha value is -1.23. The number of benzene rings is 2. The number of aryl methyl sites for hydroxylation is 2. The van der Waals surface area contributed by atoms with Crippen molar-refractivity contribution in [1.82, 2.24) is 0 Å². The fourth-order valence-corrected chi connectivity index (χ4v) is 3.34. The maximum absolute atomic E-state index is 9.34. The molecule has 0 aliphatic rings. The second-order valence-corrected chi connectivity index (χ2v) is 6.05. The lowest BCUT2D eigenvalue weighted by atomic mass is 9.77. The summed E-state index contributed by atoms with van der Waals surface area (Å²) in [7, 11) is -1.40. The molecular formula is C16H19BO2S. The number of hydrogen-bond donors (Lipinski definition) is 2. The second kappa shape index (κ2) is 6.98. The van der Waals surface area contributed by atoms with Gasteiger partial charge < -0.3 is 10.0 Å². The Morgan fingerprint density at radius 2 is 1.60 bits per heavy atom. The summed E-state index contributed by atoms with van der Waals surface area (Å²) in [5.74, 6) is 1.71. The first-order chi connectivity index (χ1) is 9.56. The summed E-state index contributed by atoms with van der Waals surface area (Å²) in [5.41, 5.74) is 5.46. The van der Waals surface area contributed by atoms with Gasteiger partial charge in [-0.25, -0.2) is 0 Å². The first kappa shape index (κ1) is 15.2. The Morgan fingerprint density at radius 1 is 0.950 bits per heavy atom. The van der Waals surface area contributed by atoms with E-state index < -0.39 is 7.12 Å². The Labute approximate surface area is 125 Å². The predicted octanol–water partition coefficient (Wildman–Crippen LogP) is 2.42. The Balaban J connectivity index is 1.99. The van der Waals surface area contributed by atoms with Gasteiger partial charge in [0.25, 0.3) is 0 Å². The highest BCUT2D eigenvalue weighted by Gasteiger charge is 2.14. The average Bonchev–Trinajstić information content (AvgIpc) is 2.38. The summed E-state index contributed by atoms with van der Waals surface area (Å²) in [5, 5.41) is 18.7. The van der Waals surface area contributed by atoms with Crippen LogP contribution in [-0.4, -0.2) is 17.2 Å². The fraction of sp³-hybridized carbons (Fsp3) is 0.250. The Kier molecular flexibility index (Phi) is 5.29. The van der Waals surface area contributed by atoms with Crippen LogP contribution in [0.1, 0.15) is 22.3 Å². The third kappa shape index (κ3) is 4.13. The summed E-state index contributed by atoms with van der Waals surface area (Å²) in [6.45, 7) is 4.22. The molecule has 0 saturated carbocycles. The van der Waals surface area contributed by atoms with Gasteiger partial charge in [0.15, 0.2) is 0 Å². The van der Waals surface area contributed by atoms with Gasteiger partial charge in [0, 0.05) is 11.5 Å². The Morgan fingerprint density at radius 3 is 2.25 bits per heavy atom. The summed E-state index contributed by atoms with van der Waals surface area (Å²) < 4.78 is 0. The van der Waals surface area contributed by atoms with Crippen LogP contribution >= 0.6 is 11.8 Å². The van der Waals surface area contributed by atoms with E-state index in [0.29, 0.717) is 5.46 Å². The molecule has 0 bridgehead atoms. The molecule has 0 radical (unpaired) electrons. The molecule has 2 nitrogen and oxygen atoms in total. The molecule has 2 aromatic carbocycles. The van der Waals surface area contributed by atoms with Gasteiger partial charge >= 0.3 is 7.12 Å². The van der Waals surface area contributed by atoms with Crippen molar-refractivity contribution >= 4 is 24.3 Å². The van der Waals surface area contributed by atoms with Gasteiger partial charge in [-0.1, -0.05) is 53.6 Å². The van der Waals surface area contributed by atoms with Crippen LogP contribution in [0.4, 0.5) is 0 Å². The standard InChI is InChI=1S/C16H19BO2S/c1-12-7-13(2)9-14(8-12)10-20-11-15-5-3-4-6-16(15)17(18)19/h3-9,18-19H,10-11H2,1-2H3. The topological polar surface area (TPSA) is 40.5 Å². The van der Waals surface area contributed by atoms with E-state index in [2.05, 4.69) is 32.0 Å². The molecule has 4 heteroatoms. The van der Waals surface area contributed by atoms with Crippen molar-refractivity contribution in [2.45, 2.75) is 25.4 Å². The highest BCUT2D eigenvalue weighted by Crippen LogP contribution is 2.19. The first-order valence-corrected chi connectivity index (χ1v) is 7.80. The molecule has 104 valence electrons. The van der Waals surface area contributed by atoms with Crippen molar-refractivity contribution in [3.05, 3.63) is 64.7 Å². The molecule has 0 heterocycles. The minimum absolute atomic E-state index is 0.598. The normalized spacial score (nSPS) is 10.6. The van der Waals surface area contributed by atoms with Crippen molar-refractivity contribution in [3.63, 3.8) is 0 Å². The average molecular weight is 286 g/mol. The maximum atomic E-state index is 9.34. The molecule has 0 spiro atoms. The Bertz CT molecular complexity index is 564. The van der Waals surface area contributed by atoms with Gasteiger partial charge in [-0.15, -0.1) is 0 Å². The molecule has 0 aromatic heterocycles. The maximum Gasteiger partial charge on any atom is 0.488 e. The summed E-state index contributed by atoms with van der Waals surface area (Å²) in [4.78, 5) is 0. The number of thioether (sulfide) groups is 1. The first-order valence-electron chi connectivity index (χ1n) is 6.65. The predicted molar refractivity (Wildman–Crippen MR) is 87.2 cm³/mol. The van der Waals surface area contributed by atoms with Crippen LogP contribution in [-0.2, 0) is 11.5 Å². The van der Waals surface area contributed by atoms with Gasteiger partial charge in [0.05, 0.1) is 0 Å². The van der Waals surface area contributed by atoms with E-state index >= 15 is 0 Å². The van der Waals surface area contributed by atoms with E-state index in [9.17, 15) is 10.0 Å². The van der Waals surface area contributed by atoms with Crippen LogP contribution in [0.2, 0.25) is 0 Å². The molecule has 0 fully saturated rings. The largest absolute Gasteiger partial charge is 0.488 e. The number of rotatable bonds is 5. The van der Waals surface area contributed by atoms with Crippen molar-refractivity contribution in [3.8, 4) is 0 Å². The minimum Gasteiger partial charge on any atom is -0.423 e. The van der Waals surface area contributed by atoms with Crippen molar-refractivity contribution in [1.29, 1.82) is 0 Å². The van der Waals surface area contributed by atoms with E-state index in [1.807, 2.05) is 18.2 Å². The lowest BCUT2D eigenvalue weighted by Crippen LogP contribution is -2.32. The quantitative estimate of drug-likeness (QED) is 0.829. The molecule has 0 unspecified atom stereocenters. The van der Waals surface area contributed by atoms with Crippen molar-refractivity contribution < 1.29 is 10.0 Å². The van der Waals surface area contributed by atoms with Crippen LogP contribution in [0.25, 0.3) is 0 Å². The molecular weight excluding hydrogens is 267 g/mol. The highest BCUT2D eigenvalue weighted by atomic mass is 32.2. The molecule has 0 amide bonds. The van der Waals surface area contributed by atoms with E-state index in [1.54, 1.807) is 17.8 Å². The SMILES string of the molecule is Cc1cc(C)cc(CSCc2ccccc2B(O)O)c1. The van der Waals surface area contributed by atoms with E-state index in [4.69, 9.17) is 0 Å². The fourth-order valence-electron chi connectivity index (χ4n) is 2.35. The van der Waals surface area contributed by atoms with Gasteiger partial charge in [-0.2, -0.15) is 11.8 Å². The molecule has 0 aliphatic carbocycles. The molecule has 2 rings (SSSR count). The molecule has 0 aliphatic heterocycles. The zero-order valence-electron chi connectivity index (χ0n) is 11.8. The molecule has 2 aromatic rings. The van der Waals surface area contributed by atoms with Crippen LogP contribution in [0, 0.1) is 13.8 Å². The molecule has 2 N–H and O–H groups in total. The molecule has 20 heavy (non-hydrogen) atoms. The van der Waals surface area contributed by atoms with E-state index in [-0.39, 0.29) is 0 Å². The second-order valence-electron chi connectivity index (χ2n) is 5.06. The monoisotopic (exact) mass is 286 g/mol. The third-order valence-electron chi connectivity index (χ3n) is 3.14. The van der Waals surface area contributed by atoms with Crippen LogP contribution in [0.15, 0.2) is 42.5 Å². The lowest BCUT2D eigenvalue weighted by Gasteiger charge is -2.09. The van der Waals surface area contributed by atoms with Crippen molar-refractivity contribution in [2.75, 3.05) is 0 Å². The zero-order valence-corrected chi connectivity index (χ0v) is 12.7. The third-order valence-corrected chi connectivity index (χ3v) is 4.19. The van der Waals surface area contributed by atoms with Gasteiger partial charge in [-0.3, -0.25) is 0 Å². The number of hydrogen-bond acceptors (Lipinski definition) is 3. The summed E-state index contributed by atoms with van der Waals surface area (Å²) in [6, 6.07) is 14.0.